The Hall–Kier alpha value is -3.38. The van der Waals surface area contributed by atoms with Gasteiger partial charge in [0.15, 0.2) is 0 Å². The van der Waals surface area contributed by atoms with E-state index in [9.17, 15) is 4.79 Å². The fraction of sp³-hybridized carbons (Fsp3) is 0.308. The Morgan fingerprint density at radius 2 is 1.75 bits per heavy atom. The molecule has 0 radical (unpaired) electrons. The highest BCUT2D eigenvalue weighted by atomic mass is 16.6. The molecule has 1 aromatic heterocycles. The number of benzene rings is 2. The molecule has 0 bridgehead atoms. The van der Waals surface area contributed by atoms with Crippen LogP contribution in [0.5, 0.6) is 5.75 Å². The molecule has 3 aromatic rings. The van der Waals surface area contributed by atoms with Gasteiger partial charge in [-0.1, -0.05) is 54.6 Å². The molecule has 6 heteroatoms. The first kappa shape index (κ1) is 20.5. The fourth-order valence-electron chi connectivity index (χ4n) is 4.55. The number of carbonyl (C=O) groups excluding carboxylic acids is 1. The second-order valence-corrected chi connectivity index (χ2v) is 8.61. The maximum Gasteiger partial charge on any atom is 0.410 e. The van der Waals surface area contributed by atoms with Gasteiger partial charge in [-0.25, -0.2) is 4.79 Å². The van der Waals surface area contributed by atoms with Crippen molar-refractivity contribution in [2.75, 3.05) is 19.6 Å². The number of nitrogens with zero attached hydrogens (tertiary/aromatic N) is 3. The van der Waals surface area contributed by atoms with Gasteiger partial charge in [0.2, 0.25) is 0 Å². The maximum atomic E-state index is 12.5. The highest BCUT2D eigenvalue weighted by Crippen LogP contribution is 2.34. The average Bonchev–Trinajstić information content (AvgIpc) is 3.35. The van der Waals surface area contributed by atoms with E-state index in [2.05, 4.69) is 16.0 Å². The summed E-state index contributed by atoms with van der Waals surface area (Å²) in [5.41, 5.74) is 2.88. The first-order valence-corrected chi connectivity index (χ1v) is 11.0. The molecule has 32 heavy (non-hydrogen) atoms. The predicted octanol–water partition coefficient (Wildman–Crippen LogP) is 4.26. The lowest BCUT2D eigenvalue weighted by Gasteiger charge is -2.23. The Labute approximate surface area is 188 Å². The number of likely N-dealkylation sites (tertiary alicyclic amines) is 1. The van der Waals surface area contributed by atoms with Crippen LogP contribution >= 0.6 is 0 Å². The van der Waals surface area contributed by atoms with Gasteiger partial charge >= 0.3 is 6.09 Å². The summed E-state index contributed by atoms with van der Waals surface area (Å²) in [6.07, 6.45) is 4.22. The van der Waals surface area contributed by atoms with Gasteiger partial charge in [-0.05, 0) is 17.7 Å². The van der Waals surface area contributed by atoms with Crippen molar-refractivity contribution in [2.24, 2.45) is 0 Å². The van der Waals surface area contributed by atoms with E-state index in [0.29, 0.717) is 19.7 Å². The van der Waals surface area contributed by atoms with Crippen molar-refractivity contribution >= 4 is 6.09 Å². The Kier molecular flexibility index (Phi) is 5.77. The normalized spacial score (nSPS) is 20.6. The number of hydrogen-bond donors (Lipinski definition) is 0. The molecule has 6 nitrogen and oxygen atoms in total. The van der Waals surface area contributed by atoms with Crippen LogP contribution in [0.1, 0.15) is 23.1 Å². The number of aromatic nitrogens is 1. The smallest absolute Gasteiger partial charge is 0.410 e. The van der Waals surface area contributed by atoms with E-state index in [4.69, 9.17) is 9.47 Å². The minimum absolute atomic E-state index is 0.212. The molecule has 2 aliphatic rings. The lowest BCUT2D eigenvalue weighted by atomic mass is 10.0. The number of carbonyl (C=O) groups is 1. The number of ether oxygens (including phenoxy) is 2. The van der Waals surface area contributed by atoms with E-state index in [0.717, 1.165) is 48.5 Å². The lowest BCUT2D eigenvalue weighted by Crippen LogP contribution is -2.37. The van der Waals surface area contributed by atoms with Crippen molar-refractivity contribution in [3.63, 3.8) is 0 Å². The van der Waals surface area contributed by atoms with Crippen molar-refractivity contribution in [3.8, 4) is 5.75 Å². The van der Waals surface area contributed by atoms with Crippen LogP contribution in [-0.2, 0) is 24.4 Å². The van der Waals surface area contributed by atoms with Crippen LogP contribution in [0, 0.1) is 0 Å². The summed E-state index contributed by atoms with van der Waals surface area (Å²) >= 11 is 0. The summed E-state index contributed by atoms with van der Waals surface area (Å²) in [7, 11) is 0. The summed E-state index contributed by atoms with van der Waals surface area (Å²) in [5.74, 6) is 0.881. The van der Waals surface area contributed by atoms with Crippen molar-refractivity contribution in [3.05, 3.63) is 95.8 Å². The molecule has 3 heterocycles. The summed E-state index contributed by atoms with van der Waals surface area (Å²) in [6, 6.07) is 22.1. The molecule has 2 aliphatic heterocycles. The molecule has 2 fully saturated rings. The number of hydrogen-bond acceptors (Lipinski definition) is 5. The topological polar surface area (TPSA) is 54.9 Å². The van der Waals surface area contributed by atoms with Crippen LogP contribution in [0.15, 0.2) is 79.1 Å². The molecule has 1 unspecified atom stereocenters. The van der Waals surface area contributed by atoms with Crippen molar-refractivity contribution < 1.29 is 14.3 Å². The van der Waals surface area contributed by atoms with Crippen LogP contribution in [0.4, 0.5) is 4.79 Å². The summed E-state index contributed by atoms with van der Waals surface area (Å²) < 4.78 is 12.0. The molecule has 2 saturated heterocycles. The molecule has 1 amide bonds. The van der Waals surface area contributed by atoms with E-state index in [1.54, 1.807) is 6.20 Å². The van der Waals surface area contributed by atoms with Crippen molar-refractivity contribution in [1.82, 2.24) is 14.8 Å². The summed E-state index contributed by atoms with van der Waals surface area (Å²) in [5, 5.41) is 0. The van der Waals surface area contributed by atoms with Gasteiger partial charge in [-0.2, -0.15) is 0 Å². The Morgan fingerprint density at radius 3 is 2.59 bits per heavy atom. The van der Waals surface area contributed by atoms with E-state index in [1.165, 1.54) is 0 Å². The molecule has 1 spiro atoms. The molecule has 0 N–H and O–H groups in total. The van der Waals surface area contributed by atoms with Gasteiger partial charge < -0.3 is 9.47 Å². The van der Waals surface area contributed by atoms with Gasteiger partial charge in [0.1, 0.15) is 18.0 Å². The Bertz CT molecular complexity index is 1060. The second kappa shape index (κ2) is 9.01. The number of pyridine rings is 1. The molecule has 5 rings (SSSR count). The highest BCUT2D eigenvalue weighted by Gasteiger charge is 2.49. The molecule has 0 aliphatic carbocycles. The quantitative estimate of drug-likeness (QED) is 0.562. The first-order valence-electron chi connectivity index (χ1n) is 11.0. The third kappa shape index (κ3) is 4.60. The van der Waals surface area contributed by atoms with Crippen LogP contribution in [0.2, 0.25) is 0 Å². The van der Waals surface area contributed by atoms with Crippen molar-refractivity contribution in [2.45, 2.75) is 31.7 Å². The minimum Gasteiger partial charge on any atom is -0.489 e. The third-order valence-electron chi connectivity index (χ3n) is 6.14. The number of rotatable bonds is 7. The van der Waals surface area contributed by atoms with Gasteiger partial charge in [-0.3, -0.25) is 14.8 Å². The highest BCUT2D eigenvalue weighted by molar-refractivity contribution is 5.71. The van der Waals surface area contributed by atoms with Crippen LogP contribution in [0.25, 0.3) is 0 Å². The summed E-state index contributed by atoms with van der Waals surface area (Å²) in [4.78, 5) is 20.9. The lowest BCUT2D eigenvalue weighted by molar-refractivity contribution is 0.0625. The maximum absolute atomic E-state index is 12.5. The van der Waals surface area contributed by atoms with Gasteiger partial charge in [-0.15, -0.1) is 0 Å². The van der Waals surface area contributed by atoms with E-state index in [1.807, 2.05) is 71.8 Å². The van der Waals surface area contributed by atoms with E-state index in [-0.39, 0.29) is 6.09 Å². The van der Waals surface area contributed by atoms with E-state index < -0.39 is 5.60 Å². The molecule has 164 valence electrons. The molecule has 1 atom stereocenters. The van der Waals surface area contributed by atoms with Crippen LogP contribution < -0.4 is 4.74 Å². The van der Waals surface area contributed by atoms with Crippen LogP contribution in [-0.4, -0.2) is 46.1 Å². The van der Waals surface area contributed by atoms with E-state index >= 15 is 0 Å². The van der Waals surface area contributed by atoms with Crippen molar-refractivity contribution in [1.29, 1.82) is 0 Å². The average molecular weight is 430 g/mol. The molecular weight excluding hydrogens is 402 g/mol. The monoisotopic (exact) mass is 429 g/mol. The standard InChI is InChI=1S/C26H27N3O3/c30-25-29(16-21-7-2-1-3-8-21)20-26(32-25)12-14-28(19-26)17-23-10-4-5-11-24(23)31-18-22-9-6-13-27-15-22/h1-11,13,15H,12,14,16-20H2. The largest absolute Gasteiger partial charge is 0.489 e. The van der Waals surface area contributed by atoms with Gasteiger partial charge in [0.25, 0.3) is 0 Å². The molecular formula is C26H27N3O3. The number of para-hydroxylation sites is 1. The zero-order valence-corrected chi connectivity index (χ0v) is 18.0. The fourth-order valence-corrected chi connectivity index (χ4v) is 4.55. The van der Waals surface area contributed by atoms with Gasteiger partial charge in [0.05, 0.1) is 6.54 Å². The molecule has 0 saturated carbocycles. The SMILES string of the molecule is O=C1OC2(CCN(Cc3ccccc3OCc3cccnc3)C2)CN1Cc1ccccc1. The Morgan fingerprint density at radius 1 is 0.938 bits per heavy atom. The number of amides is 1. The zero-order chi connectivity index (χ0) is 21.8. The summed E-state index contributed by atoms with van der Waals surface area (Å²) in [6.45, 7) is 4.11. The first-order chi connectivity index (χ1) is 15.7. The molecule has 2 aromatic carbocycles. The van der Waals surface area contributed by atoms with Gasteiger partial charge in [0, 0.05) is 56.1 Å². The van der Waals surface area contributed by atoms with Crippen LogP contribution in [0.3, 0.4) is 0 Å². The Balaban J connectivity index is 1.21. The second-order valence-electron chi connectivity index (χ2n) is 8.61. The predicted molar refractivity (Wildman–Crippen MR) is 121 cm³/mol. The minimum atomic E-state index is -0.419. The zero-order valence-electron chi connectivity index (χ0n) is 18.0. The third-order valence-corrected chi connectivity index (χ3v) is 6.14.